The van der Waals surface area contributed by atoms with Gasteiger partial charge in [0.1, 0.15) is 11.8 Å². The maximum Gasteiger partial charge on any atom is 0.490 e. The molecule has 8 N–H and O–H groups in total. The van der Waals surface area contributed by atoms with Crippen molar-refractivity contribution in [2.24, 2.45) is 5.73 Å². The Bertz CT molecular complexity index is 1070. The van der Waals surface area contributed by atoms with Gasteiger partial charge in [-0.2, -0.15) is 8.62 Å². The first-order valence-electron chi connectivity index (χ1n) is 7.89. The van der Waals surface area contributed by atoms with Gasteiger partial charge in [0.15, 0.2) is 17.7 Å². The van der Waals surface area contributed by atoms with Gasteiger partial charge in [-0.1, -0.05) is 0 Å². The number of fused-ring (bicyclic) bond motifs is 1. The fraction of sp³-hybridized carbons (Fsp3) is 0.500. The van der Waals surface area contributed by atoms with Crippen LogP contribution in [0.4, 0.5) is 5.82 Å². The molecule has 5 atom stereocenters. The van der Waals surface area contributed by atoms with Crippen molar-refractivity contribution in [3.05, 3.63) is 12.7 Å². The molecule has 1 fully saturated rings. The van der Waals surface area contributed by atoms with E-state index in [2.05, 4.69) is 28.1 Å². The van der Waals surface area contributed by atoms with Gasteiger partial charge in [-0.05, 0) is 6.42 Å². The number of nitrogen functional groups attached to an aromatic ring is 1. The summed E-state index contributed by atoms with van der Waals surface area (Å²) in [5.41, 5.74) is 12.4. The van der Waals surface area contributed by atoms with Crippen LogP contribution >= 0.6 is 23.5 Å². The topological polar surface area (TPSA) is 265 Å². The van der Waals surface area contributed by atoms with E-state index in [0.717, 1.165) is 0 Å². The summed E-state index contributed by atoms with van der Waals surface area (Å²) < 4.78 is 52.7. The highest BCUT2D eigenvalue weighted by molar-refractivity contribution is 7.66. The number of anilines is 1. The monoisotopic (exact) mass is 490 g/mol. The lowest BCUT2D eigenvalue weighted by molar-refractivity contribution is -0.0236. The van der Waals surface area contributed by atoms with Crippen LogP contribution < -0.4 is 11.5 Å². The zero-order valence-electron chi connectivity index (χ0n) is 14.7. The number of phosphoric acid groups is 3. The highest BCUT2D eigenvalue weighted by Gasteiger charge is 2.42. The largest absolute Gasteiger partial charge is 0.490 e. The molecule has 0 bridgehead atoms. The number of ether oxygens (including phenoxy) is 1. The summed E-state index contributed by atoms with van der Waals surface area (Å²) in [4.78, 5) is 47.6. The van der Waals surface area contributed by atoms with Crippen LogP contribution in [0, 0.1) is 0 Å². The highest BCUT2D eigenvalue weighted by atomic mass is 31.3. The van der Waals surface area contributed by atoms with Crippen molar-refractivity contribution in [1.29, 1.82) is 0 Å². The first-order valence-corrected chi connectivity index (χ1v) is 12.4. The van der Waals surface area contributed by atoms with Crippen LogP contribution in [-0.4, -0.2) is 57.8 Å². The molecular weight excluding hydrogens is 473 g/mol. The molecule has 30 heavy (non-hydrogen) atoms. The number of nitrogens with zero attached hydrogens (tertiary/aromatic N) is 4. The zero-order valence-corrected chi connectivity index (χ0v) is 17.4. The molecule has 0 aromatic carbocycles. The van der Waals surface area contributed by atoms with Crippen LogP contribution in [0.1, 0.15) is 12.6 Å². The van der Waals surface area contributed by atoms with E-state index in [1.165, 1.54) is 17.2 Å². The molecule has 3 rings (SSSR count). The molecule has 17 nitrogen and oxygen atoms in total. The van der Waals surface area contributed by atoms with Crippen LogP contribution in [0.2, 0.25) is 0 Å². The Morgan fingerprint density at radius 2 is 1.83 bits per heavy atom. The predicted octanol–water partition coefficient (Wildman–Crippen LogP) is -0.633. The first kappa shape index (κ1) is 23.3. The summed E-state index contributed by atoms with van der Waals surface area (Å²) in [6.07, 6.45) is 1.10. The number of hydrogen-bond donors (Lipinski definition) is 6. The molecule has 0 radical (unpaired) electrons. The van der Waals surface area contributed by atoms with Crippen molar-refractivity contribution in [1.82, 2.24) is 19.5 Å². The normalized spacial score (nSPS) is 26.5. The van der Waals surface area contributed by atoms with Crippen LogP contribution in [-0.2, 0) is 31.6 Å². The molecule has 0 spiro atoms. The number of aromatic nitrogens is 4. The molecule has 168 valence electrons. The Labute approximate surface area is 167 Å². The van der Waals surface area contributed by atoms with Gasteiger partial charge in [0.25, 0.3) is 0 Å². The fourth-order valence-corrected chi connectivity index (χ4v) is 5.74. The standard InChI is InChI=1S/C10H17N6O11P3/c11-6-1-5(2-24-29(20,21)27-30(22,23)26-28(17,18)19)25-10(6)16-4-15-7-8(12)13-3-14-9(7)16/h3-6,10H,1-2,11H2,(H,20,21)(H,22,23)(H2,12,13,14)(H2,17,18,19). The second-order valence-electron chi connectivity index (χ2n) is 6.02. The third kappa shape index (κ3) is 5.68. The molecule has 1 saturated heterocycles. The molecule has 1 aliphatic heterocycles. The van der Waals surface area contributed by atoms with Crippen molar-refractivity contribution in [3.8, 4) is 0 Å². The summed E-state index contributed by atoms with van der Waals surface area (Å²) in [6.45, 7) is -0.613. The van der Waals surface area contributed by atoms with Crippen molar-refractivity contribution >= 4 is 40.4 Å². The van der Waals surface area contributed by atoms with Gasteiger partial charge in [0.05, 0.1) is 25.1 Å². The van der Waals surface area contributed by atoms with E-state index in [9.17, 15) is 18.6 Å². The Morgan fingerprint density at radius 1 is 1.13 bits per heavy atom. The predicted molar refractivity (Wildman–Crippen MR) is 96.1 cm³/mol. The Morgan fingerprint density at radius 3 is 2.50 bits per heavy atom. The molecule has 0 aliphatic carbocycles. The maximum absolute atomic E-state index is 11.8. The number of imidazole rings is 1. The van der Waals surface area contributed by atoms with Gasteiger partial charge in [-0.15, -0.1) is 0 Å². The lowest BCUT2D eigenvalue weighted by Crippen LogP contribution is -2.27. The number of rotatable bonds is 8. The minimum absolute atomic E-state index is 0.140. The maximum atomic E-state index is 11.8. The molecule has 0 amide bonds. The minimum Gasteiger partial charge on any atom is -0.382 e. The van der Waals surface area contributed by atoms with Gasteiger partial charge < -0.3 is 35.8 Å². The van der Waals surface area contributed by atoms with Gasteiger partial charge in [-0.25, -0.2) is 28.6 Å². The molecule has 0 saturated carbocycles. The second-order valence-corrected chi connectivity index (χ2v) is 10.4. The smallest absolute Gasteiger partial charge is 0.382 e. The third-order valence-corrected chi connectivity index (χ3v) is 7.54. The summed E-state index contributed by atoms with van der Waals surface area (Å²) in [7, 11) is -16.3. The SMILES string of the molecule is Nc1ncnc2c1ncn2C1OC(COP(=O)(O)OP(=O)(O)OP(=O)(O)O)CC1N. The molecule has 20 heteroatoms. The Hall–Kier alpha value is -1.32. The van der Waals surface area contributed by atoms with E-state index >= 15 is 0 Å². The van der Waals surface area contributed by atoms with Crippen LogP contribution in [0.5, 0.6) is 0 Å². The van der Waals surface area contributed by atoms with Crippen LogP contribution in [0.3, 0.4) is 0 Å². The molecule has 1 aliphatic rings. The van der Waals surface area contributed by atoms with Crippen molar-refractivity contribution in [2.45, 2.75) is 24.8 Å². The third-order valence-electron chi connectivity index (χ3n) is 3.73. The Kier molecular flexibility index (Phi) is 6.47. The summed E-state index contributed by atoms with van der Waals surface area (Å²) in [6, 6.07) is -0.617. The molecule has 2 aromatic rings. The fourth-order valence-electron chi connectivity index (χ4n) is 2.69. The van der Waals surface area contributed by atoms with Crippen molar-refractivity contribution < 1.29 is 51.2 Å². The zero-order chi connectivity index (χ0) is 22.3. The van der Waals surface area contributed by atoms with E-state index in [-0.39, 0.29) is 12.2 Å². The number of hydrogen-bond acceptors (Lipinski definition) is 12. The number of nitrogens with two attached hydrogens (primary N) is 2. The van der Waals surface area contributed by atoms with Crippen molar-refractivity contribution in [3.63, 3.8) is 0 Å². The highest BCUT2D eigenvalue weighted by Crippen LogP contribution is 2.66. The van der Waals surface area contributed by atoms with E-state index in [1.807, 2.05) is 0 Å². The minimum atomic E-state index is -5.60. The van der Waals surface area contributed by atoms with E-state index in [0.29, 0.717) is 11.2 Å². The molecule has 3 heterocycles. The van der Waals surface area contributed by atoms with Gasteiger partial charge in [0.2, 0.25) is 0 Å². The van der Waals surface area contributed by atoms with Gasteiger partial charge in [0, 0.05) is 0 Å². The lowest BCUT2D eigenvalue weighted by Gasteiger charge is -2.19. The van der Waals surface area contributed by atoms with Crippen molar-refractivity contribution in [2.75, 3.05) is 12.3 Å². The summed E-state index contributed by atoms with van der Waals surface area (Å²) in [5.74, 6) is 0.148. The van der Waals surface area contributed by atoms with Gasteiger partial charge >= 0.3 is 23.5 Å². The molecule has 2 aromatic heterocycles. The van der Waals surface area contributed by atoms with Crippen LogP contribution in [0.15, 0.2) is 12.7 Å². The molecule has 5 unspecified atom stereocenters. The number of phosphoric ester groups is 1. The van der Waals surface area contributed by atoms with Gasteiger partial charge in [-0.3, -0.25) is 9.09 Å². The van der Waals surface area contributed by atoms with E-state index in [1.54, 1.807) is 0 Å². The quantitative estimate of drug-likeness (QED) is 0.251. The average Bonchev–Trinajstić information content (AvgIpc) is 3.13. The lowest BCUT2D eigenvalue weighted by atomic mass is 10.2. The first-order chi connectivity index (χ1) is 13.8. The van der Waals surface area contributed by atoms with E-state index < -0.39 is 48.4 Å². The van der Waals surface area contributed by atoms with E-state index in [4.69, 9.17) is 30.9 Å². The second kappa shape index (κ2) is 8.31. The summed E-state index contributed by atoms with van der Waals surface area (Å²) >= 11 is 0. The molecular formula is C10H17N6O11P3. The average molecular weight is 490 g/mol. The summed E-state index contributed by atoms with van der Waals surface area (Å²) in [5, 5.41) is 0. The van der Waals surface area contributed by atoms with Crippen LogP contribution in [0.25, 0.3) is 11.2 Å². The Balaban J connectivity index is 1.63.